The standard InChI is InChI=1S/C6H4.2ClH.2Hg/c1-2-4-6-5-3-1;;;;/h1-3,6H;2*1H;;/q;;;2*+1/p-2. The molecule has 46 valence electrons. The molecule has 0 aromatic rings. The van der Waals surface area contributed by atoms with Gasteiger partial charge in [0.15, 0.2) is 0 Å². The number of hydrogen-bond acceptors (Lipinski definition) is 0. The Morgan fingerprint density at radius 1 is 1.10 bits per heavy atom. The molecule has 0 unspecified atom stereocenters. The minimum Gasteiger partial charge on any atom is -1.00 e. The Bertz CT molecular complexity index is 83.1. The van der Waals surface area contributed by atoms with E-state index in [-0.39, 0.29) is 80.2 Å². The summed E-state index contributed by atoms with van der Waals surface area (Å²) in [5, 5.41) is 0. The monoisotopic (exact) mass is 550 g/mol. The maximum atomic E-state index is 2.84. The van der Waals surface area contributed by atoms with Crippen LogP contribution in [0.1, 0.15) is 0 Å². The second-order valence-electron chi connectivity index (χ2n) is 1.00. The molecule has 0 nitrogen and oxygen atoms in total. The van der Waals surface area contributed by atoms with Gasteiger partial charge in [-0.1, -0.05) is 12.2 Å². The molecule has 0 N–H and O–H groups in total. The fraction of sp³-hybridized carbons (Fsp3) is 0. The molecule has 0 bridgehead atoms. The second-order valence-corrected chi connectivity index (χ2v) is 1.00. The normalized spacial score (nSPS) is 8.80. The number of rotatable bonds is 0. The Kier molecular flexibility index (Phi) is 38.1. The topological polar surface area (TPSA) is 0 Å². The van der Waals surface area contributed by atoms with Crippen LogP contribution < -0.4 is 24.8 Å². The molecule has 4 heteroatoms. The first kappa shape index (κ1) is 22.6. The van der Waals surface area contributed by atoms with Crippen LogP contribution in [0.15, 0.2) is 24.3 Å². The van der Waals surface area contributed by atoms with E-state index >= 15 is 0 Å². The van der Waals surface area contributed by atoms with E-state index in [0.29, 0.717) is 0 Å². The molecular weight excluding hydrogens is 544 g/mol. The van der Waals surface area contributed by atoms with Gasteiger partial charge in [0.25, 0.3) is 0 Å². The van der Waals surface area contributed by atoms with E-state index in [9.17, 15) is 0 Å². The summed E-state index contributed by atoms with van der Waals surface area (Å²) in [6.07, 6.45) is 13.0. The predicted molar refractivity (Wildman–Crippen MR) is 24.8 cm³/mol. The van der Waals surface area contributed by atoms with Crippen LogP contribution in [0, 0.1) is 12.2 Å². The van der Waals surface area contributed by atoms with E-state index in [2.05, 4.69) is 12.2 Å². The van der Waals surface area contributed by atoms with Crippen molar-refractivity contribution in [3.05, 3.63) is 36.5 Å². The summed E-state index contributed by atoms with van der Waals surface area (Å²) >= 11 is 0. The smallest absolute Gasteiger partial charge is 1.00 e. The summed E-state index contributed by atoms with van der Waals surface area (Å²) in [4.78, 5) is 0. The summed E-state index contributed by atoms with van der Waals surface area (Å²) in [7, 11) is 0. The first-order chi connectivity index (χ1) is 3.00. The average molecular weight is 548 g/mol. The number of halogens is 2. The molecule has 0 aliphatic heterocycles. The van der Waals surface area contributed by atoms with Gasteiger partial charge in [0.2, 0.25) is 0 Å². The van der Waals surface area contributed by atoms with Crippen molar-refractivity contribution in [2.45, 2.75) is 0 Å². The van der Waals surface area contributed by atoms with Crippen LogP contribution in [0.5, 0.6) is 0 Å². The van der Waals surface area contributed by atoms with E-state index in [1.54, 1.807) is 6.08 Å². The van der Waals surface area contributed by atoms with Crippen molar-refractivity contribution >= 4 is 0 Å². The third-order valence-corrected chi connectivity index (χ3v) is 0.552. The van der Waals surface area contributed by atoms with E-state index in [0.717, 1.165) is 0 Å². The third-order valence-electron chi connectivity index (χ3n) is 0.552. The van der Waals surface area contributed by atoms with Gasteiger partial charge in [0.1, 0.15) is 0 Å². The maximum absolute atomic E-state index is 2.84. The molecule has 1 aliphatic carbocycles. The summed E-state index contributed by atoms with van der Waals surface area (Å²) in [5.41, 5.74) is 0. The zero-order valence-corrected chi connectivity index (χ0v) is 18.0. The van der Waals surface area contributed by atoms with Gasteiger partial charge < -0.3 is 24.8 Å². The molecule has 0 heterocycles. The van der Waals surface area contributed by atoms with Crippen LogP contribution in [-0.4, -0.2) is 0 Å². The van der Waals surface area contributed by atoms with E-state index in [1.165, 1.54) is 0 Å². The zero-order valence-electron chi connectivity index (χ0n) is 5.48. The minimum atomic E-state index is 0. The molecule has 2 radical (unpaired) electrons. The maximum Gasteiger partial charge on any atom is 1.00 e. The Labute approximate surface area is 115 Å². The van der Waals surface area contributed by atoms with Gasteiger partial charge in [-0.15, -0.1) is 6.08 Å². The van der Waals surface area contributed by atoms with Crippen molar-refractivity contribution in [2.24, 2.45) is 0 Å². The van der Waals surface area contributed by atoms with Gasteiger partial charge in [-0.05, 0) is 18.2 Å². The third kappa shape index (κ3) is 12.3. The summed E-state index contributed by atoms with van der Waals surface area (Å²) in [6, 6.07) is 0. The van der Waals surface area contributed by atoms with Gasteiger partial charge in [0.05, 0.1) is 0 Å². The van der Waals surface area contributed by atoms with Crippen molar-refractivity contribution in [3.8, 4) is 0 Å². The Hall–Kier alpha value is 1.58. The molecule has 0 aromatic carbocycles. The minimum absolute atomic E-state index is 0. The largest absolute Gasteiger partial charge is 1.00 e. The van der Waals surface area contributed by atoms with Gasteiger partial charge in [-0.25, -0.2) is 0 Å². The van der Waals surface area contributed by atoms with Crippen molar-refractivity contribution in [2.75, 3.05) is 0 Å². The average Bonchev–Trinajstić information content (AvgIpc) is 1.72. The van der Waals surface area contributed by atoms with Gasteiger partial charge >= 0.3 is 55.3 Å². The van der Waals surface area contributed by atoms with Crippen LogP contribution in [0.3, 0.4) is 0 Å². The molecule has 0 atom stereocenters. The van der Waals surface area contributed by atoms with E-state index in [4.69, 9.17) is 0 Å². The van der Waals surface area contributed by atoms with Gasteiger partial charge in [0, 0.05) is 0 Å². The summed E-state index contributed by atoms with van der Waals surface area (Å²) in [5.74, 6) is 0. The SMILES string of the molecule is [C+]1=CC=C[C-]=C1.[Cl-].[Cl-].[Hg+].[Hg+]. The quantitative estimate of drug-likeness (QED) is 0.211. The molecule has 1 rings (SSSR count). The molecule has 0 saturated heterocycles. The molecule has 0 saturated carbocycles. The molecule has 0 aromatic heterocycles. The molecule has 1 aliphatic rings. The predicted octanol–water partition coefficient (Wildman–Crippen LogP) is -4.72. The van der Waals surface area contributed by atoms with Crippen LogP contribution >= 0.6 is 0 Å². The van der Waals surface area contributed by atoms with Gasteiger partial charge in [-0.2, -0.15) is 0 Å². The number of hydrogen-bond donors (Lipinski definition) is 0. The first-order valence-corrected chi connectivity index (χ1v) is 1.82. The second kappa shape index (κ2) is 16.9. The van der Waals surface area contributed by atoms with E-state index < -0.39 is 0 Å². The zero-order chi connectivity index (χ0) is 4.24. The molecule has 0 fully saturated rings. The Balaban J connectivity index is -0.0000000450. The van der Waals surface area contributed by atoms with Crippen molar-refractivity contribution in [3.63, 3.8) is 0 Å². The van der Waals surface area contributed by atoms with Gasteiger partial charge in [-0.3, -0.25) is 0 Å². The first-order valence-electron chi connectivity index (χ1n) is 1.82. The Morgan fingerprint density at radius 3 is 1.80 bits per heavy atom. The van der Waals surface area contributed by atoms with Crippen LogP contribution in [-0.2, 0) is 55.3 Å². The van der Waals surface area contributed by atoms with Crippen LogP contribution in [0.4, 0.5) is 0 Å². The molecular formula is C6H4Cl2Hg2. The summed E-state index contributed by atoms with van der Waals surface area (Å²) in [6.45, 7) is 0. The van der Waals surface area contributed by atoms with E-state index in [1.807, 2.05) is 18.2 Å². The Morgan fingerprint density at radius 2 is 1.70 bits per heavy atom. The number of allylic oxidation sites excluding steroid dienone is 6. The molecule has 0 amide bonds. The summed E-state index contributed by atoms with van der Waals surface area (Å²) < 4.78 is 0. The fourth-order valence-electron chi connectivity index (χ4n) is 0.304. The molecule has 10 heavy (non-hydrogen) atoms. The van der Waals surface area contributed by atoms with Crippen molar-refractivity contribution in [1.82, 2.24) is 0 Å². The van der Waals surface area contributed by atoms with Crippen molar-refractivity contribution in [1.29, 1.82) is 0 Å². The molecule has 0 spiro atoms. The van der Waals surface area contributed by atoms with Crippen molar-refractivity contribution < 1.29 is 80.2 Å². The fourth-order valence-corrected chi connectivity index (χ4v) is 0.304. The van der Waals surface area contributed by atoms with Crippen LogP contribution in [0.25, 0.3) is 0 Å². The van der Waals surface area contributed by atoms with Crippen LogP contribution in [0.2, 0.25) is 0 Å².